The monoisotopic (exact) mass is 730 g/mol. The fourth-order valence-electron chi connectivity index (χ4n) is 5.39. The second-order valence-corrected chi connectivity index (χ2v) is 10.6. The van der Waals surface area contributed by atoms with Crippen LogP contribution in [-0.2, 0) is 0 Å². The molecule has 0 bridgehead atoms. The van der Waals surface area contributed by atoms with E-state index in [9.17, 15) is 43.9 Å². The van der Waals surface area contributed by atoms with Crippen molar-refractivity contribution in [1.82, 2.24) is 29.9 Å². The summed E-state index contributed by atoms with van der Waals surface area (Å²) in [6.07, 6.45) is 0. The normalized spacial score (nSPS) is 11.1. The number of nitrogens with zero attached hydrogens (tertiary/aromatic N) is 6. The van der Waals surface area contributed by atoms with Crippen molar-refractivity contribution in [2.24, 2.45) is 0 Å². The minimum absolute atomic E-state index is 0.162. The number of rotatable bonds is 0. The second kappa shape index (κ2) is 14.4. The molecular weight excluding hydrogens is 706 g/mol. The predicted octanol–water partition coefficient (Wildman–Crippen LogP) is 10.7. The van der Waals surface area contributed by atoms with Crippen LogP contribution in [0.25, 0.3) is 65.4 Å². The molecule has 0 radical (unpaired) electrons. The van der Waals surface area contributed by atoms with Crippen LogP contribution in [0.2, 0.25) is 0 Å². The van der Waals surface area contributed by atoms with Gasteiger partial charge in [0.25, 0.3) is 23.8 Å². The van der Waals surface area contributed by atoms with Gasteiger partial charge in [0.05, 0.1) is 5.69 Å². The van der Waals surface area contributed by atoms with Gasteiger partial charge in [-0.25, -0.2) is 51.9 Å². The van der Waals surface area contributed by atoms with Crippen molar-refractivity contribution >= 4 is 65.4 Å². The average molecular weight is 731 g/mol. The summed E-state index contributed by atoms with van der Waals surface area (Å²) in [5, 5.41) is 1.73. The van der Waals surface area contributed by atoms with Gasteiger partial charge in [-0.3, -0.25) is 0 Å². The lowest BCUT2D eigenvalue weighted by Gasteiger charge is -2.12. The van der Waals surface area contributed by atoms with E-state index in [1.54, 1.807) is 0 Å². The summed E-state index contributed by atoms with van der Waals surface area (Å²) >= 11 is 0. The average Bonchev–Trinajstić information content (AvgIpc) is 3.12. The van der Waals surface area contributed by atoms with Crippen molar-refractivity contribution in [3.05, 3.63) is 106 Å². The Morgan fingerprint density at radius 2 is 0.538 bits per heavy atom. The maximum atomic E-state index is 14.0. The van der Waals surface area contributed by atoms with Crippen molar-refractivity contribution in [2.45, 2.75) is 41.5 Å². The molecule has 3 aromatic heterocycles. The summed E-state index contributed by atoms with van der Waals surface area (Å²) in [5.74, 6) is -12.1. The van der Waals surface area contributed by atoms with Gasteiger partial charge in [0.2, 0.25) is 5.95 Å². The van der Waals surface area contributed by atoms with Gasteiger partial charge >= 0.3 is 0 Å². The smallest absolute Gasteiger partial charge is 0.244 e. The molecule has 0 aliphatic heterocycles. The van der Waals surface area contributed by atoms with E-state index >= 15 is 0 Å². The zero-order valence-corrected chi connectivity index (χ0v) is 27.9. The van der Waals surface area contributed by atoms with Gasteiger partial charge < -0.3 is 0 Å². The van der Waals surface area contributed by atoms with Crippen LogP contribution in [0.15, 0.2) is 36.4 Å². The molecule has 8 rings (SSSR count). The predicted molar refractivity (Wildman–Crippen MR) is 176 cm³/mol. The number of hydrogen-bond acceptors (Lipinski definition) is 6. The number of hydrogen-bond donors (Lipinski definition) is 0. The molecule has 0 saturated heterocycles. The van der Waals surface area contributed by atoms with E-state index in [0.29, 0.717) is 21.7 Å². The zero-order valence-electron chi connectivity index (χ0n) is 27.9. The SMILES string of the molecule is CC.CC.Cc1cc2c(cc1F)c1cc(F)c(F)cc1c1cc(F)c(F)cc21.Cc1nc2c(nc1F)c1nc(F)c(F)nc1c1nc(F)c(F)nc21. The molecule has 5 aromatic carbocycles. The Labute approximate surface area is 287 Å². The molecular formula is C36H24F10N6. The number of fused-ring (bicyclic) bond motifs is 12. The number of aryl methyl sites for hydroxylation is 2. The Morgan fingerprint density at radius 1 is 0.308 bits per heavy atom. The molecule has 0 saturated carbocycles. The number of aromatic nitrogens is 6. The van der Waals surface area contributed by atoms with E-state index in [4.69, 9.17) is 0 Å². The lowest BCUT2D eigenvalue weighted by Crippen LogP contribution is -2.05. The van der Waals surface area contributed by atoms with Gasteiger partial charge in [0, 0.05) is 0 Å². The van der Waals surface area contributed by atoms with Crippen LogP contribution in [-0.4, -0.2) is 29.9 Å². The number of benzene rings is 5. The minimum Gasteiger partial charge on any atom is -0.244 e. The first-order valence-corrected chi connectivity index (χ1v) is 15.5. The molecule has 0 amide bonds. The highest BCUT2D eigenvalue weighted by Crippen LogP contribution is 2.38. The summed E-state index contributed by atoms with van der Waals surface area (Å²) < 4.78 is 136. The molecule has 0 N–H and O–H groups in total. The first-order chi connectivity index (χ1) is 24.7. The molecule has 0 fully saturated rings. The molecule has 0 spiro atoms. The molecule has 16 heteroatoms. The van der Waals surface area contributed by atoms with E-state index < -0.39 is 75.4 Å². The minimum atomic E-state index is -1.59. The Balaban J connectivity index is 0.000000184. The van der Waals surface area contributed by atoms with Crippen LogP contribution >= 0.6 is 0 Å². The maximum absolute atomic E-state index is 14.0. The van der Waals surface area contributed by atoms with Crippen molar-refractivity contribution in [3.63, 3.8) is 0 Å². The lowest BCUT2D eigenvalue weighted by molar-refractivity contribution is 0.457. The van der Waals surface area contributed by atoms with E-state index in [1.165, 1.54) is 26.0 Å². The van der Waals surface area contributed by atoms with Gasteiger partial charge in [-0.15, -0.1) is 0 Å². The lowest BCUT2D eigenvalue weighted by atomic mass is 9.93. The van der Waals surface area contributed by atoms with Crippen LogP contribution in [0.4, 0.5) is 43.9 Å². The van der Waals surface area contributed by atoms with Gasteiger partial charge in [-0.1, -0.05) is 27.7 Å². The summed E-state index contributed by atoms with van der Waals surface area (Å²) in [6.45, 7) is 10.8. The fourth-order valence-corrected chi connectivity index (χ4v) is 5.39. The summed E-state index contributed by atoms with van der Waals surface area (Å²) in [4.78, 5) is 20.7. The van der Waals surface area contributed by atoms with Crippen LogP contribution in [0.5, 0.6) is 0 Å². The molecule has 268 valence electrons. The van der Waals surface area contributed by atoms with E-state index in [1.807, 2.05) is 27.7 Å². The summed E-state index contributed by atoms with van der Waals surface area (Å²) in [6, 6.07) is 6.49. The number of halogens is 10. The van der Waals surface area contributed by atoms with Crippen LogP contribution in [0.3, 0.4) is 0 Å². The van der Waals surface area contributed by atoms with Crippen molar-refractivity contribution in [2.75, 3.05) is 0 Å². The van der Waals surface area contributed by atoms with Crippen LogP contribution in [0, 0.1) is 72.7 Å². The first-order valence-electron chi connectivity index (χ1n) is 15.5. The van der Waals surface area contributed by atoms with Gasteiger partial charge in [0.1, 0.15) is 38.9 Å². The van der Waals surface area contributed by atoms with Gasteiger partial charge in [0.15, 0.2) is 23.3 Å². The standard InChI is InChI=1S/C19H9F5.C13H3F5N6.2C2H6/c1-8-2-9-10(3-15(8)20)12-5-17(22)19(24)7-14(12)13-6-18(23)16(21)4-11(9)13;1-2-9(14)20-4-3(19-2)5-7(23-11(16)10(15)21-5)8-6(4)22-12(17)13(18)24-8;2*1-2/h2-7H,1H3;1H3;2*1-2H3. The molecule has 52 heavy (non-hydrogen) atoms. The van der Waals surface area contributed by atoms with E-state index in [0.717, 1.165) is 24.3 Å². The molecule has 0 aliphatic rings. The van der Waals surface area contributed by atoms with E-state index in [-0.39, 0.29) is 38.4 Å². The zero-order chi connectivity index (χ0) is 38.3. The largest absolute Gasteiger partial charge is 0.269 e. The molecule has 8 aromatic rings. The Kier molecular flexibility index (Phi) is 10.4. The van der Waals surface area contributed by atoms with Crippen LogP contribution in [0.1, 0.15) is 39.0 Å². The molecule has 3 heterocycles. The molecule has 0 aliphatic carbocycles. The maximum Gasteiger partial charge on any atom is 0.269 e. The first kappa shape index (κ1) is 37.5. The molecule has 6 nitrogen and oxygen atoms in total. The van der Waals surface area contributed by atoms with Crippen molar-refractivity contribution in [3.8, 4) is 0 Å². The van der Waals surface area contributed by atoms with Gasteiger partial charge in [-0.05, 0) is 88.1 Å². The van der Waals surface area contributed by atoms with E-state index in [2.05, 4.69) is 29.9 Å². The molecule has 0 atom stereocenters. The molecule has 0 unspecified atom stereocenters. The second-order valence-electron chi connectivity index (χ2n) is 10.6. The van der Waals surface area contributed by atoms with Gasteiger partial charge in [-0.2, -0.15) is 22.0 Å². The highest BCUT2D eigenvalue weighted by atomic mass is 19.2. The summed E-state index contributed by atoms with van der Waals surface area (Å²) in [7, 11) is 0. The Hall–Kier alpha value is -5.80. The third-order valence-electron chi connectivity index (χ3n) is 7.60. The quantitative estimate of drug-likeness (QED) is 0.114. The highest BCUT2D eigenvalue weighted by Gasteiger charge is 2.22. The Bertz CT molecular complexity index is 2000. The summed E-state index contributed by atoms with van der Waals surface area (Å²) in [5.41, 5.74) is -1.94. The van der Waals surface area contributed by atoms with Crippen LogP contribution < -0.4 is 0 Å². The van der Waals surface area contributed by atoms with Crippen molar-refractivity contribution < 1.29 is 43.9 Å². The third-order valence-corrected chi connectivity index (χ3v) is 7.60. The Morgan fingerprint density at radius 3 is 0.846 bits per heavy atom. The van der Waals surface area contributed by atoms with Crippen molar-refractivity contribution in [1.29, 1.82) is 0 Å². The fraction of sp³-hybridized carbons (Fsp3) is 0.167. The third kappa shape index (κ3) is 6.32. The topological polar surface area (TPSA) is 77.3 Å². The highest BCUT2D eigenvalue weighted by molar-refractivity contribution is 6.25.